The second-order valence-corrected chi connectivity index (χ2v) is 8.40. The molecule has 2 aromatic carbocycles. The summed E-state index contributed by atoms with van der Waals surface area (Å²) >= 11 is 11.3. The average molecular weight is 459 g/mol. The molecule has 0 aliphatic rings. The molecule has 2 aromatic rings. The molecule has 0 atom stereocenters. The van der Waals surface area contributed by atoms with Crippen LogP contribution in [0, 0.1) is 5.82 Å². The van der Waals surface area contributed by atoms with Crippen molar-refractivity contribution in [2.45, 2.75) is 11.1 Å². The maximum Gasteiger partial charge on any atom is 0.417 e. The zero-order valence-electron chi connectivity index (χ0n) is 14.0. The van der Waals surface area contributed by atoms with Crippen LogP contribution in [0.15, 0.2) is 41.3 Å². The fraction of sp³-hybridized carbons (Fsp3) is 0.188. The predicted octanol–water partition coefficient (Wildman–Crippen LogP) is 4.41. The van der Waals surface area contributed by atoms with Gasteiger partial charge in [0.2, 0.25) is 15.9 Å². The molecule has 0 radical (unpaired) electrons. The minimum atomic E-state index is -4.73. The van der Waals surface area contributed by atoms with E-state index in [1.165, 1.54) is 0 Å². The van der Waals surface area contributed by atoms with Gasteiger partial charge in [0.1, 0.15) is 10.7 Å². The highest BCUT2D eigenvalue weighted by molar-refractivity contribution is 7.89. The van der Waals surface area contributed by atoms with Crippen LogP contribution in [0.5, 0.6) is 0 Å². The van der Waals surface area contributed by atoms with Crippen LogP contribution in [0.3, 0.4) is 0 Å². The monoisotopic (exact) mass is 458 g/mol. The Morgan fingerprint density at radius 3 is 2.32 bits per heavy atom. The van der Waals surface area contributed by atoms with Crippen LogP contribution < -0.4 is 5.32 Å². The van der Waals surface area contributed by atoms with Crippen molar-refractivity contribution in [1.82, 2.24) is 4.31 Å². The van der Waals surface area contributed by atoms with Crippen LogP contribution in [-0.4, -0.2) is 32.2 Å². The maximum absolute atomic E-state index is 13.3. The van der Waals surface area contributed by atoms with E-state index in [0.717, 1.165) is 31.3 Å². The average Bonchev–Trinajstić information content (AvgIpc) is 2.57. The van der Waals surface area contributed by atoms with Gasteiger partial charge >= 0.3 is 6.18 Å². The molecular weight excluding hydrogens is 447 g/mol. The number of carbonyl (C=O) groups is 1. The van der Waals surface area contributed by atoms with E-state index in [2.05, 4.69) is 5.32 Å². The van der Waals surface area contributed by atoms with E-state index in [-0.39, 0.29) is 10.7 Å². The fourth-order valence-electron chi connectivity index (χ4n) is 2.15. The molecule has 5 nitrogen and oxygen atoms in total. The predicted molar refractivity (Wildman–Crippen MR) is 96.3 cm³/mol. The van der Waals surface area contributed by atoms with Crippen molar-refractivity contribution in [1.29, 1.82) is 0 Å². The molecule has 152 valence electrons. The Kier molecular flexibility index (Phi) is 6.59. The number of sulfonamides is 1. The highest BCUT2D eigenvalue weighted by Gasteiger charge is 2.33. The summed E-state index contributed by atoms with van der Waals surface area (Å²) in [6.45, 7) is -0.751. The Labute approximate surface area is 167 Å². The van der Waals surface area contributed by atoms with E-state index in [4.69, 9.17) is 23.2 Å². The van der Waals surface area contributed by atoms with Gasteiger partial charge in [-0.3, -0.25) is 4.79 Å². The van der Waals surface area contributed by atoms with Crippen molar-refractivity contribution in [3.8, 4) is 0 Å². The van der Waals surface area contributed by atoms with Crippen molar-refractivity contribution < 1.29 is 30.8 Å². The van der Waals surface area contributed by atoms with Gasteiger partial charge in [-0.25, -0.2) is 12.8 Å². The third-order valence-corrected chi connectivity index (χ3v) is 6.12. The number of likely N-dealkylation sites (N-methyl/N-ethyl adjacent to an activating group) is 1. The minimum Gasteiger partial charge on any atom is -0.325 e. The smallest absolute Gasteiger partial charge is 0.325 e. The number of rotatable bonds is 5. The van der Waals surface area contributed by atoms with E-state index in [9.17, 15) is 30.8 Å². The largest absolute Gasteiger partial charge is 0.417 e. The van der Waals surface area contributed by atoms with Crippen LogP contribution in [0.2, 0.25) is 10.0 Å². The van der Waals surface area contributed by atoms with Gasteiger partial charge in [0, 0.05) is 12.7 Å². The van der Waals surface area contributed by atoms with Gasteiger partial charge in [-0.1, -0.05) is 23.2 Å². The summed E-state index contributed by atoms with van der Waals surface area (Å²) in [5, 5.41) is 1.35. The van der Waals surface area contributed by atoms with Gasteiger partial charge in [0.05, 0.1) is 22.2 Å². The first kappa shape index (κ1) is 22.4. The molecule has 1 amide bonds. The standard InChI is InChI=1S/C16H12Cl2F4N2O3S/c1-24(28(26,27)14-6-9(19)2-4-13(14)18)8-15(25)23-10-3-5-12(17)11(7-10)16(20,21)22/h2-7H,8H2,1H3,(H,23,25). The Hall–Kier alpha value is -1.88. The number of alkyl halides is 3. The summed E-state index contributed by atoms with van der Waals surface area (Å²) in [5.74, 6) is -1.77. The van der Waals surface area contributed by atoms with Gasteiger partial charge in [0.15, 0.2) is 0 Å². The lowest BCUT2D eigenvalue weighted by molar-refractivity contribution is -0.137. The van der Waals surface area contributed by atoms with E-state index < -0.39 is 50.0 Å². The quantitative estimate of drug-likeness (QED) is 0.674. The van der Waals surface area contributed by atoms with E-state index in [1.807, 2.05) is 0 Å². The van der Waals surface area contributed by atoms with E-state index in [1.54, 1.807) is 0 Å². The molecule has 0 aliphatic heterocycles. The SMILES string of the molecule is CN(CC(=O)Nc1ccc(Cl)c(C(F)(F)F)c1)S(=O)(=O)c1cc(F)ccc1Cl. The summed E-state index contributed by atoms with van der Waals surface area (Å²) < 4.78 is 77.4. The van der Waals surface area contributed by atoms with Crippen molar-refractivity contribution >= 4 is 44.8 Å². The number of hydrogen-bond donors (Lipinski definition) is 1. The number of nitrogens with one attached hydrogen (secondary N) is 1. The maximum atomic E-state index is 13.3. The van der Waals surface area contributed by atoms with Crippen LogP contribution in [0.25, 0.3) is 0 Å². The van der Waals surface area contributed by atoms with Crippen LogP contribution in [-0.2, 0) is 21.0 Å². The molecule has 0 saturated carbocycles. The van der Waals surface area contributed by atoms with Crippen LogP contribution >= 0.6 is 23.2 Å². The zero-order chi connectivity index (χ0) is 21.3. The number of carbonyl (C=O) groups excluding carboxylic acids is 1. The third kappa shape index (κ3) is 5.13. The van der Waals surface area contributed by atoms with Crippen molar-refractivity contribution in [2.75, 3.05) is 18.9 Å². The highest BCUT2D eigenvalue weighted by atomic mass is 35.5. The molecular formula is C16H12Cl2F4N2O3S. The van der Waals surface area contributed by atoms with Gasteiger partial charge in [0.25, 0.3) is 0 Å². The van der Waals surface area contributed by atoms with E-state index in [0.29, 0.717) is 16.4 Å². The second kappa shape index (κ2) is 8.24. The number of nitrogens with zero attached hydrogens (tertiary/aromatic N) is 1. The summed E-state index contributed by atoms with van der Waals surface area (Å²) in [7, 11) is -3.28. The normalized spacial score (nSPS) is 12.3. The lowest BCUT2D eigenvalue weighted by atomic mass is 10.2. The number of benzene rings is 2. The molecule has 0 unspecified atom stereocenters. The number of hydrogen-bond acceptors (Lipinski definition) is 3. The first-order valence-corrected chi connectivity index (χ1v) is 9.60. The van der Waals surface area contributed by atoms with Gasteiger partial charge in [-0.05, 0) is 36.4 Å². The molecule has 1 N–H and O–H groups in total. The molecule has 0 aromatic heterocycles. The Morgan fingerprint density at radius 1 is 1.11 bits per heavy atom. The molecule has 0 saturated heterocycles. The summed E-state index contributed by atoms with van der Waals surface area (Å²) in [6, 6.07) is 5.41. The molecule has 28 heavy (non-hydrogen) atoms. The summed E-state index contributed by atoms with van der Waals surface area (Å²) in [6.07, 6.45) is -4.73. The lowest BCUT2D eigenvalue weighted by Crippen LogP contribution is -2.35. The first-order chi connectivity index (χ1) is 12.8. The molecule has 0 fully saturated rings. The van der Waals surface area contributed by atoms with Gasteiger partial charge in [-0.2, -0.15) is 17.5 Å². The van der Waals surface area contributed by atoms with Crippen molar-refractivity contribution in [3.63, 3.8) is 0 Å². The van der Waals surface area contributed by atoms with Crippen molar-refractivity contribution in [3.05, 3.63) is 57.8 Å². The molecule has 12 heteroatoms. The number of halogens is 6. The van der Waals surface area contributed by atoms with Gasteiger partial charge in [-0.15, -0.1) is 0 Å². The molecule has 0 aliphatic carbocycles. The molecule has 0 heterocycles. The summed E-state index contributed by atoms with van der Waals surface area (Å²) in [4.78, 5) is 11.5. The minimum absolute atomic E-state index is 0.226. The topological polar surface area (TPSA) is 66.5 Å². The number of anilines is 1. The fourth-order valence-corrected chi connectivity index (χ4v) is 3.98. The molecule has 0 bridgehead atoms. The third-order valence-electron chi connectivity index (χ3n) is 3.50. The first-order valence-electron chi connectivity index (χ1n) is 7.40. The highest BCUT2D eigenvalue weighted by Crippen LogP contribution is 2.36. The molecule has 0 spiro atoms. The Bertz CT molecular complexity index is 1010. The second-order valence-electron chi connectivity index (χ2n) is 5.58. The zero-order valence-corrected chi connectivity index (χ0v) is 16.3. The van der Waals surface area contributed by atoms with E-state index >= 15 is 0 Å². The summed E-state index contributed by atoms with van der Waals surface area (Å²) in [5.41, 5.74) is -1.38. The molecule has 2 rings (SSSR count). The number of amides is 1. The van der Waals surface area contributed by atoms with Crippen LogP contribution in [0.1, 0.15) is 5.56 Å². The Balaban J connectivity index is 2.18. The van der Waals surface area contributed by atoms with Gasteiger partial charge < -0.3 is 5.32 Å². The van der Waals surface area contributed by atoms with Crippen molar-refractivity contribution in [2.24, 2.45) is 0 Å². The Morgan fingerprint density at radius 2 is 1.71 bits per heavy atom. The lowest BCUT2D eigenvalue weighted by Gasteiger charge is -2.18. The van der Waals surface area contributed by atoms with Crippen LogP contribution in [0.4, 0.5) is 23.2 Å².